The van der Waals surface area contributed by atoms with E-state index in [1.165, 1.54) is 0 Å². The Kier molecular flexibility index (Phi) is 5.16. The standard InChI is InChI=1S/C15H21N3O3/c1-16-15(20)13-10-18(9-8-17(13)2)14(19)11-21-12-6-4-3-5-7-12/h3-7,13H,8-11H2,1-2H3,(H,16,20)/t13-/m1/s1. The van der Waals surface area contributed by atoms with Crippen LogP contribution in [0.4, 0.5) is 0 Å². The number of carbonyl (C=O) groups excluding carboxylic acids is 2. The minimum Gasteiger partial charge on any atom is -0.484 e. The van der Waals surface area contributed by atoms with E-state index >= 15 is 0 Å². The molecule has 0 aromatic heterocycles. The third-order valence-corrected chi connectivity index (χ3v) is 3.66. The predicted molar refractivity (Wildman–Crippen MR) is 79.0 cm³/mol. The van der Waals surface area contributed by atoms with Gasteiger partial charge in [-0.2, -0.15) is 0 Å². The molecule has 1 aliphatic heterocycles. The summed E-state index contributed by atoms with van der Waals surface area (Å²) in [6.07, 6.45) is 0. The van der Waals surface area contributed by atoms with E-state index in [9.17, 15) is 9.59 Å². The fraction of sp³-hybridized carbons (Fsp3) is 0.467. The fourth-order valence-electron chi connectivity index (χ4n) is 2.30. The molecule has 1 saturated heterocycles. The highest BCUT2D eigenvalue weighted by Gasteiger charge is 2.31. The van der Waals surface area contributed by atoms with Crippen molar-refractivity contribution in [2.45, 2.75) is 6.04 Å². The number of hydrogen-bond acceptors (Lipinski definition) is 4. The summed E-state index contributed by atoms with van der Waals surface area (Å²) in [4.78, 5) is 27.6. The van der Waals surface area contributed by atoms with E-state index in [-0.39, 0.29) is 24.5 Å². The van der Waals surface area contributed by atoms with Crippen molar-refractivity contribution in [3.05, 3.63) is 30.3 Å². The molecule has 0 spiro atoms. The van der Waals surface area contributed by atoms with Crippen LogP contribution in [0.15, 0.2) is 30.3 Å². The molecule has 1 heterocycles. The molecule has 1 aliphatic rings. The summed E-state index contributed by atoms with van der Waals surface area (Å²) in [5, 5.41) is 2.63. The van der Waals surface area contributed by atoms with Crippen molar-refractivity contribution >= 4 is 11.8 Å². The minimum atomic E-state index is -0.301. The van der Waals surface area contributed by atoms with Crippen LogP contribution in [0.2, 0.25) is 0 Å². The molecule has 0 radical (unpaired) electrons. The zero-order valence-corrected chi connectivity index (χ0v) is 12.4. The Balaban J connectivity index is 1.89. The summed E-state index contributed by atoms with van der Waals surface area (Å²) in [5.41, 5.74) is 0. The Bertz CT molecular complexity index is 492. The minimum absolute atomic E-state index is 0.00576. The Labute approximate surface area is 124 Å². The normalized spacial score (nSPS) is 19.1. The van der Waals surface area contributed by atoms with Gasteiger partial charge in [0, 0.05) is 26.7 Å². The van der Waals surface area contributed by atoms with E-state index in [0.717, 1.165) is 0 Å². The van der Waals surface area contributed by atoms with Gasteiger partial charge in [-0.15, -0.1) is 0 Å². The molecule has 21 heavy (non-hydrogen) atoms. The topological polar surface area (TPSA) is 61.9 Å². The maximum atomic E-state index is 12.2. The van der Waals surface area contributed by atoms with E-state index < -0.39 is 0 Å². The van der Waals surface area contributed by atoms with Gasteiger partial charge in [-0.25, -0.2) is 0 Å². The third kappa shape index (κ3) is 3.95. The van der Waals surface area contributed by atoms with Gasteiger partial charge in [-0.05, 0) is 19.2 Å². The summed E-state index contributed by atoms with van der Waals surface area (Å²) < 4.78 is 5.46. The number of amides is 2. The molecular weight excluding hydrogens is 270 g/mol. The SMILES string of the molecule is CNC(=O)[C@H]1CN(C(=O)COc2ccccc2)CCN1C. The molecule has 114 valence electrons. The van der Waals surface area contributed by atoms with Gasteiger partial charge in [0.2, 0.25) is 5.91 Å². The molecule has 6 nitrogen and oxygen atoms in total. The van der Waals surface area contributed by atoms with Gasteiger partial charge in [0.05, 0.1) is 0 Å². The first kappa shape index (κ1) is 15.3. The lowest BCUT2D eigenvalue weighted by Gasteiger charge is -2.38. The third-order valence-electron chi connectivity index (χ3n) is 3.66. The van der Waals surface area contributed by atoms with Crippen molar-refractivity contribution in [1.82, 2.24) is 15.1 Å². The van der Waals surface area contributed by atoms with Gasteiger partial charge in [0.15, 0.2) is 6.61 Å². The van der Waals surface area contributed by atoms with Crippen LogP contribution >= 0.6 is 0 Å². The summed E-state index contributed by atoms with van der Waals surface area (Å²) in [5.74, 6) is 0.502. The molecular formula is C15H21N3O3. The first-order valence-corrected chi connectivity index (χ1v) is 6.99. The van der Waals surface area contributed by atoms with Gasteiger partial charge >= 0.3 is 0 Å². The van der Waals surface area contributed by atoms with Gasteiger partial charge in [-0.1, -0.05) is 18.2 Å². The lowest BCUT2D eigenvalue weighted by molar-refractivity contribution is -0.139. The fourth-order valence-corrected chi connectivity index (χ4v) is 2.30. The number of rotatable bonds is 4. The molecule has 1 atom stereocenters. The summed E-state index contributed by atoms with van der Waals surface area (Å²) >= 11 is 0. The Morgan fingerprint density at radius 2 is 2.00 bits per heavy atom. The van der Waals surface area contributed by atoms with Crippen molar-refractivity contribution in [2.24, 2.45) is 0 Å². The number of benzene rings is 1. The van der Waals surface area contributed by atoms with Crippen molar-refractivity contribution in [3.63, 3.8) is 0 Å². The Morgan fingerprint density at radius 1 is 1.29 bits per heavy atom. The average molecular weight is 291 g/mol. The molecule has 1 aromatic rings. The number of likely N-dealkylation sites (N-methyl/N-ethyl adjacent to an activating group) is 2. The predicted octanol–water partition coefficient (Wildman–Crippen LogP) is -0.0460. The zero-order chi connectivity index (χ0) is 15.2. The highest BCUT2D eigenvalue weighted by atomic mass is 16.5. The average Bonchev–Trinajstić information content (AvgIpc) is 2.53. The van der Waals surface area contributed by atoms with E-state index in [1.807, 2.05) is 42.3 Å². The molecule has 2 rings (SSSR count). The van der Waals surface area contributed by atoms with Gasteiger partial charge in [-0.3, -0.25) is 14.5 Å². The highest BCUT2D eigenvalue weighted by molar-refractivity contribution is 5.84. The van der Waals surface area contributed by atoms with E-state index in [0.29, 0.717) is 25.4 Å². The van der Waals surface area contributed by atoms with Crippen LogP contribution < -0.4 is 10.1 Å². The summed E-state index contributed by atoms with van der Waals surface area (Å²) in [7, 11) is 3.50. The molecule has 2 amide bonds. The number of nitrogens with zero attached hydrogens (tertiary/aromatic N) is 2. The Hall–Kier alpha value is -2.08. The maximum absolute atomic E-state index is 12.2. The number of para-hydroxylation sites is 1. The number of hydrogen-bond donors (Lipinski definition) is 1. The van der Waals surface area contributed by atoms with E-state index in [1.54, 1.807) is 11.9 Å². The lowest BCUT2D eigenvalue weighted by Crippen LogP contribution is -2.58. The van der Waals surface area contributed by atoms with Crippen molar-refractivity contribution < 1.29 is 14.3 Å². The molecule has 1 aromatic carbocycles. The van der Waals surface area contributed by atoms with Crippen LogP contribution in [0.3, 0.4) is 0 Å². The van der Waals surface area contributed by atoms with Crippen LogP contribution in [0.25, 0.3) is 0 Å². The quantitative estimate of drug-likeness (QED) is 0.845. The molecule has 0 bridgehead atoms. The second kappa shape index (κ2) is 7.08. The molecule has 1 fully saturated rings. The van der Waals surface area contributed by atoms with Crippen LogP contribution in [0.5, 0.6) is 5.75 Å². The van der Waals surface area contributed by atoms with E-state index in [2.05, 4.69) is 5.32 Å². The van der Waals surface area contributed by atoms with Crippen molar-refractivity contribution in [2.75, 3.05) is 40.3 Å². The maximum Gasteiger partial charge on any atom is 0.260 e. The first-order chi connectivity index (χ1) is 10.1. The van der Waals surface area contributed by atoms with Crippen LogP contribution in [-0.2, 0) is 9.59 Å². The summed E-state index contributed by atoms with van der Waals surface area (Å²) in [6, 6.07) is 8.93. The van der Waals surface area contributed by atoms with Gasteiger partial charge < -0.3 is 15.0 Å². The van der Waals surface area contributed by atoms with Crippen molar-refractivity contribution in [3.8, 4) is 5.75 Å². The molecule has 0 saturated carbocycles. The smallest absolute Gasteiger partial charge is 0.260 e. The van der Waals surface area contributed by atoms with Crippen LogP contribution in [0, 0.1) is 0 Å². The highest BCUT2D eigenvalue weighted by Crippen LogP contribution is 2.11. The molecule has 1 N–H and O–H groups in total. The van der Waals surface area contributed by atoms with Crippen LogP contribution in [-0.4, -0.2) is 68.0 Å². The monoisotopic (exact) mass is 291 g/mol. The van der Waals surface area contributed by atoms with Gasteiger partial charge in [0.25, 0.3) is 5.91 Å². The first-order valence-electron chi connectivity index (χ1n) is 6.99. The number of ether oxygens (including phenoxy) is 1. The zero-order valence-electron chi connectivity index (χ0n) is 12.4. The largest absolute Gasteiger partial charge is 0.484 e. The molecule has 0 unspecified atom stereocenters. The van der Waals surface area contributed by atoms with Gasteiger partial charge in [0.1, 0.15) is 11.8 Å². The Morgan fingerprint density at radius 3 is 2.67 bits per heavy atom. The summed E-state index contributed by atoms with van der Waals surface area (Å²) in [6.45, 7) is 1.68. The number of carbonyl (C=O) groups is 2. The van der Waals surface area contributed by atoms with Crippen molar-refractivity contribution in [1.29, 1.82) is 0 Å². The number of nitrogens with one attached hydrogen (secondary N) is 1. The molecule has 6 heteroatoms. The van der Waals surface area contributed by atoms with Crippen LogP contribution in [0.1, 0.15) is 0 Å². The second-order valence-corrected chi connectivity index (χ2v) is 5.05. The second-order valence-electron chi connectivity index (χ2n) is 5.05. The van der Waals surface area contributed by atoms with E-state index in [4.69, 9.17) is 4.74 Å². The number of piperazine rings is 1. The lowest BCUT2D eigenvalue weighted by atomic mass is 10.1. The molecule has 0 aliphatic carbocycles.